The number of anilines is 3. The molecule has 2 atom stereocenters. The Labute approximate surface area is 185 Å². The zero-order valence-corrected chi connectivity index (χ0v) is 17.3. The predicted octanol–water partition coefficient (Wildman–Crippen LogP) is 2.04. The Kier molecular flexibility index (Phi) is 4.96. The summed E-state index contributed by atoms with van der Waals surface area (Å²) in [5.74, 6) is -0.535. The number of nitrogens with zero attached hydrogens (tertiary/aromatic N) is 5. The van der Waals surface area contributed by atoms with Crippen LogP contribution in [-0.2, 0) is 0 Å². The molecule has 168 valence electrons. The number of aromatic nitrogens is 5. The van der Waals surface area contributed by atoms with Crippen molar-refractivity contribution in [1.29, 1.82) is 0 Å². The van der Waals surface area contributed by atoms with Gasteiger partial charge in [0.05, 0.1) is 12.2 Å². The third-order valence-corrected chi connectivity index (χ3v) is 5.18. The molecule has 1 unspecified atom stereocenters. The van der Waals surface area contributed by atoms with Crippen molar-refractivity contribution in [2.24, 2.45) is 0 Å². The Morgan fingerprint density at radius 1 is 1.27 bits per heavy atom. The average molecular weight is 452 g/mol. The van der Waals surface area contributed by atoms with Crippen LogP contribution in [0.5, 0.6) is 0 Å². The molecule has 5 rings (SSSR count). The van der Waals surface area contributed by atoms with E-state index >= 15 is 0 Å². The number of hydrogen-bond acceptors (Lipinski definition) is 7. The molecule has 3 N–H and O–H groups in total. The Morgan fingerprint density at radius 3 is 2.82 bits per heavy atom. The van der Waals surface area contributed by atoms with Crippen LogP contribution >= 0.6 is 0 Å². The second kappa shape index (κ2) is 7.97. The van der Waals surface area contributed by atoms with Crippen molar-refractivity contribution in [2.45, 2.75) is 18.6 Å². The van der Waals surface area contributed by atoms with Gasteiger partial charge in [-0.15, -0.1) is 0 Å². The van der Waals surface area contributed by atoms with Crippen molar-refractivity contribution in [3.8, 4) is 5.82 Å². The summed E-state index contributed by atoms with van der Waals surface area (Å²) in [6, 6.07) is 6.81. The quantitative estimate of drug-likeness (QED) is 0.410. The number of hydrogen-bond donors (Lipinski definition) is 3. The van der Waals surface area contributed by atoms with E-state index in [1.807, 2.05) is 0 Å². The number of nitrogens with one attached hydrogen (secondary N) is 3. The monoisotopic (exact) mass is 452 g/mol. The van der Waals surface area contributed by atoms with E-state index in [0.717, 1.165) is 4.57 Å². The summed E-state index contributed by atoms with van der Waals surface area (Å²) in [7, 11) is 1.66. The molecule has 10 nitrogen and oxygen atoms in total. The van der Waals surface area contributed by atoms with E-state index < -0.39 is 29.5 Å². The number of carbonyl (C=O) groups excluding carboxylic acids is 1. The molecule has 0 bridgehead atoms. The molecule has 1 aliphatic rings. The first-order valence-electron chi connectivity index (χ1n) is 10.1. The zero-order chi connectivity index (χ0) is 23.1. The van der Waals surface area contributed by atoms with E-state index in [4.69, 9.17) is 0 Å². The minimum Gasteiger partial charge on any atom is -0.373 e. The molecule has 0 spiro atoms. The molecular formula is C21H18F2N8O2. The van der Waals surface area contributed by atoms with Crippen LogP contribution in [0.4, 0.5) is 26.1 Å². The molecule has 4 aromatic rings. The predicted molar refractivity (Wildman–Crippen MR) is 116 cm³/mol. The third kappa shape index (κ3) is 3.75. The molecule has 12 heteroatoms. The SMILES string of the molecule is CNc1cc(Nc2cccn(-c3ncccc3F)c2=O)nc2c(C(=O)NC3C[C@@H]3F)cnn12. The van der Waals surface area contributed by atoms with Crippen LogP contribution in [0.2, 0.25) is 0 Å². The highest BCUT2D eigenvalue weighted by molar-refractivity contribution is 6.00. The molecule has 1 aliphatic carbocycles. The first-order chi connectivity index (χ1) is 16.0. The van der Waals surface area contributed by atoms with E-state index in [9.17, 15) is 18.4 Å². The summed E-state index contributed by atoms with van der Waals surface area (Å²) in [6.07, 6.45) is 3.38. The van der Waals surface area contributed by atoms with Crippen LogP contribution in [0.15, 0.2) is 53.7 Å². The molecule has 4 heterocycles. The highest BCUT2D eigenvalue weighted by atomic mass is 19.1. The molecular weight excluding hydrogens is 434 g/mol. The van der Waals surface area contributed by atoms with Crippen LogP contribution < -0.4 is 21.5 Å². The van der Waals surface area contributed by atoms with Crippen LogP contribution in [0.1, 0.15) is 16.8 Å². The summed E-state index contributed by atoms with van der Waals surface area (Å²) in [6.45, 7) is 0. The molecule has 1 fully saturated rings. The van der Waals surface area contributed by atoms with E-state index in [1.54, 1.807) is 19.2 Å². The first-order valence-corrected chi connectivity index (χ1v) is 10.1. The van der Waals surface area contributed by atoms with Crippen molar-refractivity contribution in [3.05, 3.63) is 70.7 Å². The van der Waals surface area contributed by atoms with Gasteiger partial charge in [-0.1, -0.05) is 0 Å². The molecule has 4 aromatic heterocycles. The lowest BCUT2D eigenvalue weighted by Crippen LogP contribution is -2.27. The number of amides is 1. The van der Waals surface area contributed by atoms with Gasteiger partial charge in [0.1, 0.15) is 29.1 Å². The van der Waals surface area contributed by atoms with Gasteiger partial charge in [0.25, 0.3) is 11.5 Å². The molecule has 0 radical (unpaired) electrons. The second-order valence-corrected chi connectivity index (χ2v) is 7.43. The number of halogens is 2. The van der Waals surface area contributed by atoms with Crippen molar-refractivity contribution in [2.75, 3.05) is 17.7 Å². The lowest BCUT2D eigenvalue weighted by molar-refractivity contribution is 0.0949. The van der Waals surface area contributed by atoms with Crippen LogP contribution in [0, 0.1) is 5.82 Å². The Hall–Kier alpha value is -4.35. The van der Waals surface area contributed by atoms with E-state index in [1.165, 1.54) is 41.3 Å². The Balaban J connectivity index is 1.52. The van der Waals surface area contributed by atoms with Crippen molar-refractivity contribution in [1.82, 2.24) is 29.5 Å². The van der Waals surface area contributed by atoms with Crippen molar-refractivity contribution < 1.29 is 13.6 Å². The molecule has 1 saturated carbocycles. The maximum absolute atomic E-state index is 14.2. The molecule has 0 saturated heterocycles. The number of pyridine rings is 2. The van der Waals surface area contributed by atoms with E-state index in [-0.39, 0.29) is 35.0 Å². The van der Waals surface area contributed by atoms with Crippen LogP contribution in [0.25, 0.3) is 11.5 Å². The van der Waals surface area contributed by atoms with Gasteiger partial charge in [-0.25, -0.2) is 18.7 Å². The fourth-order valence-electron chi connectivity index (χ4n) is 3.37. The summed E-state index contributed by atoms with van der Waals surface area (Å²) in [5, 5.41) is 12.7. The fourth-order valence-corrected chi connectivity index (χ4v) is 3.37. The fraction of sp³-hybridized carbons (Fsp3) is 0.190. The van der Waals surface area contributed by atoms with Gasteiger partial charge in [-0.3, -0.25) is 14.2 Å². The third-order valence-electron chi connectivity index (χ3n) is 5.18. The van der Waals surface area contributed by atoms with E-state index in [0.29, 0.717) is 5.82 Å². The summed E-state index contributed by atoms with van der Waals surface area (Å²) >= 11 is 0. The largest absolute Gasteiger partial charge is 0.373 e. The Morgan fingerprint density at radius 2 is 2.09 bits per heavy atom. The van der Waals surface area contributed by atoms with Crippen molar-refractivity contribution in [3.63, 3.8) is 0 Å². The van der Waals surface area contributed by atoms with E-state index in [2.05, 4.69) is 31.0 Å². The average Bonchev–Trinajstić information content (AvgIpc) is 3.32. The molecule has 0 aliphatic heterocycles. The highest BCUT2D eigenvalue weighted by Crippen LogP contribution is 2.26. The zero-order valence-electron chi connectivity index (χ0n) is 17.3. The topological polar surface area (TPSA) is 118 Å². The molecule has 1 amide bonds. The lowest BCUT2D eigenvalue weighted by atomic mass is 10.3. The summed E-state index contributed by atoms with van der Waals surface area (Å²) in [5.41, 5.74) is -0.0533. The lowest BCUT2D eigenvalue weighted by Gasteiger charge is -2.12. The van der Waals surface area contributed by atoms with Crippen molar-refractivity contribution >= 4 is 28.9 Å². The van der Waals surface area contributed by atoms with Gasteiger partial charge in [0, 0.05) is 31.9 Å². The number of rotatable bonds is 6. The van der Waals surface area contributed by atoms with Gasteiger partial charge in [0.2, 0.25) is 0 Å². The standard InChI is InChI=1S/C21H18F2N8O2/c1-24-17-9-16(29-18-11(10-26-31(17)18)20(32)28-15-8-13(15)23)27-14-5-3-7-30(21(14)33)19-12(22)4-2-6-25-19/h2-7,9-10,13,15,24H,8H2,1H3,(H,27,29)(H,28,32)/t13-,15?/m0/s1. The number of alkyl halides is 1. The second-order valence-electron chi connectivity index (χ2n) is 7.43. The maximum atomic E-state index is 14.2. The summed E-state index contributed by atoms with van der Waals surface area (Å²) in [4.78, 5) is 33.9. The van der Waals surface area contributed by atoms with Gasteiger partial charge in [-0.2, -0.15) is 9.61 Å². The van der Waals surface area contributed by atoms with Gasteiger partial charge < -0.3 is 16.0 Å². The smallest absolute Gasteiger partial charge is 0.280 e. The molecule has 0 aromatic carbocycles. The minimum atomic E-state index is -1.04. The highest BCUT2D eigenvalue weighted by Gasteiger charge is 2.39. The van der Waals surface area contributed by atoms with Crippen LogP contribution in [-0.4, -0.2) is 49.3 Å². The maximum Gasteiger partial charge on any atom is 0.280 e. The minimum absolute atomic E-state index is 0.116. The normalized spacial score (nSPS) is 17.1. The van der Waals surface area contributed by atoms with Gasteiger partial charge in [0.15, 0.2) is 17.3 Å². The Bertz CT molecular complexity index is 1430. The van der Waals surface area contributed by atoms with Gasteiger partial charge >= 0.3 is 0 Å². The summed E-state index contributed by atoms with van der Waals surface area (Å²) < 4.78 is 29.9. The first kappa shape index (κ1) is 20.5. The van der Waals surface area contributed by atoms with Crippen LogP contribution in [0.3, 0.4) is 0 Å². The number of carbonyl (C=O) groups is 1. The molecule has 33 heavy (non-hydrogen) atoms. The van der Waals surface area contributed by atoms with Gasteiger partial charge in [-0.05, 0) is 24.3 Å². The number of fused-ring (bicyclic) bond motifs is 1.